The van der Waals surface area contributed by atoms with Crippen LogP contribution in [0.15, 0.2) is 60.7 Å². The van der Waals surface area contributed by atoms with Crippen molar-refractivity contribution in [1.29, 1.82) is 5.26 Å². The number of para-hydroxylation sites is 1. The minimum atomic E-state index is 0.585. The summed E-state index contributed by atoms with van der Waals surface area (Å²) in [5.41, 5.74) is 2.75. The Bertz CT molecular complexity index is 788. The Balaban J connectivity index is 1.78. The molecule has 3 heteroatoms. The van der Waals surface area contributed by atoms with Crippen LogP contribution in [0.4, 0.5) is 5.82 Å². The summed E-state index contributed by atoms with van der Waals surface area (Å²) in [5.74, 6) is 0.659. The molecule has 0 amide bonds. The lowest BCUT2D eigenvalue weighted by atomic mass is 10.1. The molecule has 0 aliphatic heterocycles. The minimum absolute atomic E-state index is 0.585. The summed E-state index contributed by atoms with van der Waals surface area (Å²) in [6.45, 7) is 0.754. The number of nitrogens with one attached hydrogen (secondary N) is 1. The van der Waals surface area contributed by atoms with Crippen LogP contribution >= 0.6 is 0 Å². The highest BCUT2D eigenvalue weighted by molar-refractivity contribution is 5.82. The number of nitrogens with zero attached hydrogens (tertiary/aromatic N) is 2. The van der Waals surface area contributed by atoms with Gasteiger partial charge in [0, 0.05) is 11.9 Å². The molecule has 0 unspecified atom stereocenters. The fourth-order valence-electron chi connectivity index (χ4n) is 2.31. The average molecular weight is 273 g/mol. The number of hydrogen-bond acceptors (Lipinski definition) is 3. The molecule has 1 N–H and O–H groups in total. The number of pyridine rings is 1. The van der Waals surface area contributed by atoms with E-state index < -0.39 is 0 Å². The summed E-state index contributed by atoms with van der Waals surface area (Å²) >= 11 is 0. The number of benzene rings is 2. The molecule has 0 atom stereocenters. The van der Waals surface area contributed by atoms with Crippen LogP contribution in [0.5, 0.6) is 0 Å². The zero-order valence-corrected chi connectivity index (χ0v) is 11.6. The van der Waals surface area contributed by atoms with Gasteiger partial charge in [0.15, 0.2) is 0 Å². The summed E-state index contributed by atoms with van der Waals surface area (Å²) in [6, 6.07) is 22.2. The van der Waals surface area contributed by atoms with Crippen molar-refractivity contribution in [3.05, 3.63) is 71.8 Å². The van der Waals surface area contributed by atoms with E-state index in [1.807, 2.05) is 48.5 Å². The second-order valence-electron chi connectivity index (χ2n) is 4.85. The van der Waals surface area contributed by atoms with Crippen LogP contribution in [0.3, 0.4) is 0 Å². The Kier molecular flexibility index (Phi) is 3.79. The van der Waals surface area contributed by atoms with Gasteiger partial charge in [-0.2, -0.15) is 5.26 Å². The van der Waals surface area contributed by atoms with Crippen molar-refractivity contribution in [2.75, 3.05) is 11.9 Å². The van der Waals surface area contributed by atoms with Crippen molar-refractivity contribution >= 4 is 16.7 Å². The molecule has 1 heterocycles. The minimum Gasteiger partial charge on any atom is -0.369 e. The Morgan fingerprint density at radius 3 is 2.57 bits per heavy atom. The lowest BCUT2D eigenvalue weighted by molar-refractivity contribution is 1.01. The summed E-state index contributed by atoms with van der Waals surface area (Å²) in [6.07, 6.45) is 0.903. The van der Waals surface area contributed by atoms with Crippen molar-refractivity contribution in [3.63, 3.8) is 0 Å². The lowest BCUT2D eigenvalue weighted by Gasteiger charge is -2.09. The molecule has 3 aromatic rings. The van der Waals surface area contributed by atoms with Gasteiger partial charge in [0.25, 0.3) is 0 Å². The SMILES string of the molecule is N#Cc1cc2ccccc2nc1NCCc1ccccc1. The van der Waals surface area contributed by atoms with Gasteiger partial charge in [0.1, 0.15) is 11.9 Å². The zero-order chi connectivity index (χ0) is 14.5. The summed E-state index contributed by atoms with van der Waals surface area (Å²) in [7, 11) is 0. The first-order chi connectivity index (χ1) is 10.4. The molecular formula is C18H15N3. The Morgan fingerprint density at radius 1 is 1.00 bits per heavy atom. The summed E-state index contributed by atoms with van der Waals surface area (Å²) < 4.78 is 0. The fraction of sp³-hybridized carbons (Fsp3) is 0.111. The van der Waals surface area contributed by atoms with E-state index in [9.17, 15) is 5.26 Å². The monoisotopic (exact) mass is 273 g/mol. The van der Waals surface area contributed by atoms with E-state index in [4.69, 9.17) is 0 Å². The second-order valence-corrected chi connectivity index (χ2v) is 4.85. The topological polar surface area (TPSA) is 48.7 Å². The quantitative estimate of drug-likeness (QED) is 0.787. The highest BCUT2D eigenvalue weighted by Crippen LogP contribution is 2.19. The van der Waals surface area contributed by atoms with E-state index in [0.717, 1.165) is 23.9 Å². The summed E-state index contributed by atoms with van der Waals surface area (Å²) in [4.78, 5) is 4.54. The first-order valence-corrected chi connectivity index (χ1v) is 6.94. The van der Waals surface area contributed by atoms with E-state index in [0.29, 0.717) is 11.4 Å². The molecule has 0 bridgehead atoms. The maximum Gasteiger partial charge on any atom is 0.144 e. The van der Waals surface area contributed by atoms with Crippen molar-refractivity contribution in [2.24, 2.45) is 0 Å². The second kappa shape index (κ2) is 6.06. The highest BCUT2D eigenvalue weighted by Gasteiger charge is 2.05. The van der Waals surface area contributed by atoms with Gasteiger partial charge in [-0.3, -0.25) is 0 Å². The van der Waals surface area contributed by atoms with Crippen LogP contribution in [0.2, 0.25) is 0 Å². The van der Waals surface area contributed by atoms with Gasteiger partial charge in [0.05, 0.1) is 11.1 Å². The predicted octanol–water partition coefficient (Wildman–Crippen LogP) is 3.76. The Hall–Kier alpha value is -2.86. The first-order valence-electron chi connectivity index (χ1n) is 6.94. The van der Waals surface area contributed by atoms with Crippen LogP contribution in [0.25, 0.3) is 10.9 Å². The number of rotatable bonds is 4. The standard InChI is InChI=1S/C18H15N3/c19-13-16-12-15-8-4-5-9-17(15)21-18(16)20-11-10-14-6-2-1-3-7-14/h1-9,12H,10-11H2,(H,20,21). The van der Waals surface area contributed by atoms with E-state index in [-0.39, 0.29) is 0 Å². The highest BCUT2D eigenvalue weighted by atomic mass is 15.0. The zero-order valence-electron chi connectivity index (χ0n) is 11.6. The largest absolute Gasteiger partial charge is 0.369 e. The van der Waals surface area contributed by atoms with Gasteiger partial charge in [-0.25, -0.2) is 4.98 Å². The smallest absolute Gasteiger partial charge is 0.144 e. The van der Waals surface area contributed by atoms with Crippen LogP contribution in [-0.4, -0.2) is 11.5 Å². The van der Waals surface area contributed by atoms with Gasteiger partial charge < -0.3 is 5.32 Å². The average Bonchev–Trinajstić information content (AvgIpc) is 2.55. The molecule has 0 fully saturated rings. The molecule has 21 heavy (non-hydrogen) atoms. The fourth-order valence-corrected chi connectivity index (χ4v) is 2.31. The molecule has 0 aliphatic rings. The molecule has 102 valence electrons. The van der Waals surface area contributed by atoms with Gasteiger partial charge >= 0.3 is 0 Å². The van der Waals surface area contributed by atoms with Gasteiger partial charge in [-0.05, 0) is 24.1 Å². The number of fused-ring (bicyclic) bond motifs is 1. The summed E-state index contributed by atoms with van der Waals surface area (Å²) in [5, 5.41) is 13.5. The van der Waals surface area contributed by atoms with Crippen LogP contribution in [0, 0.1) is 11.3 Å². The number of nitriles is 1. The molecule has 0 spiro atoms. The first kappa shape index (κ1) is 13.1. The van der Waals surface area contributed by atoms with E-state index in [1.54, 1.807) is 0 Å². The normalized spacial score (nSPS) is 10.2. The van der Waals surface area contributed by atoms with Crippen molar-refractivity contribution in [1.82, 2.24) is 4.98 Å². The van der Waals surface area contributed by atoms with Gasteiger partial charge in [-0.15, -0.1) is 0 Å². The maximum absolute atomic E-state index is 9.26. The Labute approximate surface area is 123 Å². The third kappa shape index (κ3) is 3.01. The molecule has 0 saturated carbocycles. The lowest BCUT2D eigenvalue weighted by Crippen LogP contribution is -2.08. The molecule has 3 nitrogen and oxygen atoms in total. The van der Waals surface area contributed by atoms with Crippen molar-refractivity contribution in [2.45, 2.75) is 6.42 Å². The van der Waals surface area contributed by atoms with Gasteiger partial charge in [0.2, 0.25) is 0 Å². The molecule has 1 aromatic heterocycles. The molecule has 0 saturated heterocycles. The number of anilines is 1. The van der Waals surface area contributed by atoms with Crippen LogP contribution < -0.4 is 5.32 Å². The van der Waals surface area contributed by atoms with Gasteiger partial charge in [-0.1, -0.05) is 48.5 Å². The van der Waals surface area contributed by atoms with Crippen LogP contribution in [0.1, 0.15) is 11.1 Å². The third-order valence-corrected chi connectivity index (χ3v) is 3.39. The predicted molar refractivity (Wildman–Crippen MR) is 85.1 cm³/mol. The van der Waals surface area contributed by atoms with E-state index in [2.05, 4.69) is 28.5 Å². The van der Waals surface area contributed by atoms with Crippen molar-refractivity contribution in [3.8, 4) is 6.07 Å². The maximum atomic E-state index is 9.26. The molecule has 3 rings (SSSR count). The number of hydrogen-bond donors (Lipinski definition) is 1. The molecular weight excluding hydrogens is 258 g/mol. The Morgan fingerprint density at radius 2 is 1.76 bits per heavy atom. The third-order valence-electron chi connectivity index (χ3n) is 3.39. The van der Waals surface area contributed by atoms with Crippen molar-refractivity contribution < 1.29 is 0 Å². The van der Waals surface area contributed by atoms with Crippen LogP contribution in [-0.2, 0) is 6.42 Å². The van der Waals surface area contributed by atoms with E-state index in [1.165, 1.54) is 5.56 Å². The van der Waals surface area contributed by atoms with E-state index >= 15 is 0 Å². The number of aromatic nitrogens is 1. The molecule has 2 aromatic carbocycles. The molecule has 0 aliphatic carbocycles. The molecule has 0 radical (unpaired) electrons.